The van der Waals surface area contributed by atoms with Crippen molar-refractivity contribution in [2.75, 3.05) is 6.54 Å². The van der Waals surface area contributed by atoms with Crippen molar-refractivity contribution in [1.29, 1.82) is 5.26 Å². The number of nitriles is 1. The summed E-state index contributed by atoms with van der Waals surface area (Å²) in [6.45, 7) is 4.94. The number of nitrogens with one attached hydrogen (secondary N) is 2. The standard InChI is InChI=1S/C17H26N4O3/c1-12(2)16(3,11-18)19-13(22)10-21-14(23)17(20-15(21)24)8-6-4-5-7-9-17/h12H,4-10H2,1-3H3,(H,19,22)(H,20,24). The molecule has 1 spiro atoms. The van der Waals surface area contributed by atoms with Gasteiger partial charge in [-0.1, -0.05) is 39.5 Å². The lowest BCUT2D eigenvalue weighted by Gasteiger charge is -2.28. The third-order valence-corrected chi connectivity index (χ3v) is 5.29. The van der Waals surface area contributed by atoms with Crippen molar-refractivity contribution in [3.8, 4) is 6.07 Å². The van der Waals surface area contributed by atoms with Gasteiger partial charge in [0.2, 0.25) is 5.91 Å². The van der Waals surface area contributed by atoms with E-state index in [1.165, 1.54) is 0 Å². The van der Waals surface area contributed by atoms with E-state index in [1.54, 1.807) is 6.92 Å². The fourth-order valence-electron chi connectivity index (χ4n) is 3.26. The Balaban J connectivity index is 2.07. The van der Waals surface area contributed by atoms with Crippen LogP contribution in [0.5, 0.6) is 0 Å². The first-order valence-electron chi connectivity index (χ1n) is 8.60. The highest BCUT2D eigenvalue weighted by Crippen LogP contribution is 2.32. The van der Waals surface area contributed by atoms with E-state index in [2.05, 4.69) is 16.7 Å². The number of carbonyl (C=O) groups excluding carboxylic acids is 3. The topological polar surface area (TPSA) is 102 Å². The molecular formula is C17H26N4O3. The largest absolute Gasteiger partial charge is 0.336 e. The summed E-state index contributed by atoms with van der Waals surface area (Å²) in [5, 5.41) is 14.7. The molecule has 0 aromatic rings. The minimum absolute atomic E-state index is 0.0947. The van der Waals surface area contributed by atoms with E-state index in [0.29, 0.717) is 12.8 Å². The lowest BCUT2D eigenvalue weighted by atomic mass is 9.89. The van der Waals surface area contributed by atoms with Crippen LogP contribution in [0.4, 0.5) is 4.79 Å². The Kier molecular flexibility index (Phi) is 5.16. The summed E-state index contributed by atoms with van der Waals surface area (Å²) in [6, 6.07) is 1.57. The maximum Gasteiger partial charge on any atom is 0.325 e. The Morgan fingerprint density at radius 1 is 1.33 bits per heavy atom. The number of imide groups is 1. The van der Waals surface area contributed by atoms with Gasteiger partial charge in [-0.2, -0.15) is 5.26 Å². The molecule has 1 saturated carbocycles. The second-order valence-corrected chi connectivity index (χ2v) is 7.33. The molecule has 0 aromatic heterocycles. The number of nitrogens with zero attached hydrogens (tertiary/aromatic N) is 2. The summed E-state index contributed by atoms with van der Waals surface area (Å²) >= 11 is 0. The number of carbonyl (C=O) groups is 3. The fourth-order valence-corrected chi connectivity index (χ4v) is 3.26. The molecule has 1 atom stereocenters. The van der Waals surface area contributed by atoms with Crippen LogP contribution in [0.2, 0.25) is 0 Å². The van der Waals surface area contributed by atoms with Crippen molar-refractivity contribution >= 4 is 17.8 Å². The molecule has 1 unspecified atom stereocenters. The van der Waals surface area contributed by atoms with E-state index in [4.69, 9.17) is 0 Å². The zero-order valence-electron chi connectivity index (χ0n) is 14.6. The highest BCUT2D eigenvalue weighted by molar-refractivity contribution is 6.09. The van der Waals surface area contributed by atoms with Gasteiger partial charge >= 0.3 is 6.03 Å². The molecule has 0 radical (unpaired) electrons. The quantitative estimate of drug-likeness (QED) is 0.764. The van der Waals surface area contributed by atoms with E-state index in [9.17, 15) is 19.6 Å². The summed E-state index contributed by atoms with van der Waals surface area (Å²) in [4.78, 5) is 38.2. The molecule has 0 bridgehead atoms. The van der Waals surface area contributed by atoms with Gasteiger partial charge in [0.1, 0.15) is 17.6 Å². The van der Waals surface area contributed by atoms with Crippen molar-refractivity contribution in [3.63, 3.8) is 0 Å². The molecule has 0 aromatic carbocycles. The van der Waals surface area contributed by atoms with E-state index in [1.807, 2.05) is 13.8 Å². The normalized spacial score (nSPS) is 22.7. The van der Waals surface area contributed by atoms with Gasteiger partial charge in [0, 0.05) is 0 Å². The summed E-state index contributed by atoms with van der Waals surface area (Å²) in [6.07, 6.45) is 5.15. The van der Waals surface area contributed by atoms with Crippen molar-refractivity contribution in [2.24, 2.45) is 5.92 Å². The first kappa shape index (κ1) is 18.2. The predicted molar refractivity (Wildman–Crippen MR) is 87.7 cm³/mol. The van der Waals surface area contributed by atoms with Gasteiger partial charge in [-0.15, -0.1) is 0 Å². The van der Waals surface area contributed by atoms with E-state index < -0.39 is 23.0 Å². The van der Waals surface area contributed by atoms with Crippen LogP contribution in [0.25, 0.3) is 0 Å². The van der Waals surface area contributed by atoms with E-state index >= 15 is 0 Å². The zero-order chi connectivity index (χ0) is 18.0. The average Bonchev–Trinajstić information content (AvgIpc) is 2.71. The molecule has 7 heteroatoms. The molecule has 2 fully saturated rings. The summed E-state index contributed by atoms with van der Waals surface area (Å²) < 4.78 is 0. The molecule has 2 aliphatic rings. The molecular weight excluding hydrogens is 308 g/mol. The molecule has 1 saturated heterocycles. The average molecular weight is 334 g/mol. The fraction of sp³-hybridized carbons (Fsp3) is 0.765. The molecule has 132 valence electrons. The molecule has 4 amide bonds. The Hall–Kier alpha value is -2.10. The smallest absolute Gasteiger partial charge is 0.325 e. The van der Waals surface area contributed by atoms with Crippen molar-refractivity contribution in [3.05, 3.63) is 0 Å². The maximum atomic E-state index is 12.7. The lowest BCUT2D eigenvalue weighted by Crippen LogP contribution is -2.53. The monoisotopic (exact) mass is 334 g/mol. The molecule has 2 N–H and O–H groups in total. The van der Waals surface area contributed by atoms with Crippen LogP contribution in [0.1, 0.15) is 59.3 Å². The number of hydrogen-bond donors (Lipinski definition) is 2. The minimum Gasteiger partial charge on any atom is -0.336 e. The first-order valence-corrected chi connectivity index (χ1v) is 8.60. The molecule has 2 rings (SSSR count). The Morgan fingerprint density at radius 2 is 1.92 bits per heavy atom. The van der Waals surface area contributed by atoms with Crippen LogP contribution in [0, 0.1) is 17.2 Å². The Labute approximate surface area is 142 Å². The number of rotatable bonds is 4. The Morgan fingerprint density at radius 3 is 2.42 bits per heavy atom. The molecule has 7 nitrogen and oxygen atoms in total. The van der Waals surface area contributed by atoms with Gasteiger partial charge < -0.3 is 10.6 Å². The van der Waals surface area contributed by atoms with Gasteiger partial charge in [0.05, 0.1) is 6.07 Å². The molecule has 1 heterocycles. The third kappa shape index (κ3) is 3.37. The summed E-state index contributed by atoms with van der Waals surface area (Å²) in [7, 11) is 0. The van der Waals surface area contributed by atoms with E-state index in [0.717, 1.165) is 30.6 Å². The van der Waals surface area contributed by atoms with Crippen molar-refractivity contribution in [1.82, 2.24) is 15.5 Å². The maximum absolute atomic E-state index is 12.7. The van der Waals surface area contributed by atoms with Crippen LogP contribution < -0.4 is 10.6 Å². The van der Waals surface area contributed by atoms with Crippen molar-refractivity contribution in [2.45, 2.75) is 70.4 Å². The van der Waals surface area contributed by atoms with Gasteiger partial charge in [-0.25, -0.2) is 4.79 Å². The first-order chi connectivity index (χ1) is 11.2. The minimum atomic E-state index is -1.03. The van der Waals surface area contributed by atoms with Gasteiger partial charge in [0.25, 0.3) is 5.91 Å². The highest BCUT2D eigenvalue weighted by atomic mass is 16.2. The van der Waals surface area contributed by atoms with Crippen LogP contribution in [0.3, 0.4) is 0 Å². The Bertz CT molecular complexity index is 573. The third-order valence-electron chi connectivity index (χ3n) is 5.29. The molecule has 1 aliphatic heterocycles. The number of hydrogen-bond acceptors (Lipinski definition) is 4. The summed E-state index contributed by atoms with van der Waals surface area (Å²) in [5.74, 6) is -0.905. The zero-order valence-corrected chi connectivity index (χ0v) is 14.6. The van der Waals surface area contributed by atoms with Crippen molar-refractivity contribution < 1.29 is 14.4 Å². The number of urea groups is 1. The van der Waals surface area contributed by atoms with E-state index in [-0.39, 0.29) is 18.4 Å². The molecule has 24 heavy (non-hydrogen) atoms. The lowest BCUT2D eigenvalue weighted by molar-refractivity contribution is -0.135. The summed E-state index contributed by atoms with van der Waals surface area (Å²) in [5.41, 5.74) is -1.87. The predicted octanol–water partition coefficient (Wildman–Crippen LogP) is 1.69. The second kappa shape index (κ2) is 6.80. The molecule has 1 aliphatic carbocycles. The number of amides is 4. The van der Waals surface area contributed by atoms with Crippen LogP contribution in [0.15, 0.2) is 0 Å². The second-order valence-electron chi connectivity index (χ2n) is 7.33. The van der Waals surface area contributed by atoms with Gasteiger partial charge in [-0.05, 0) is 25.7 Å². The van der Waals surface area contributed by atoms with Crippen LogP contribution in [-0.2, 0) is 9.59 Å². The van der Waals surface area contributed by atoms with Gasteiger partial charge in [0.15, 0.2) is 0 Å². The van der Waals surface area contributed by atoms with Gasteiger partial charge in [-0.3, -0.25) is 14.5 Å². The SMILES string of the molecule is CC(C)C(C)(C#N)NC(=O)CN1C(=O)NC2(CCCCCC2)C1=O. The van der Waals surface area contributed by atoms with Crippen LogP contribution >= 0.6 is 0 Å². The highest BCUT2D eigenvalue weighted by Gasteiger charge is 2.51. The van der Waals surface area contributed by atoms with Crippen LogP contribution in [-0.4, -0.2) is 40.4 Å².